The second-order valence-electron chi connectivity index (χ2n) is 5.38. The summed E-state index contributed by atoms with van der Waals surface area (Å²) >= 11 is 0. The van der Waals surface area contributed by atoms with Gasteiger partial charge in [-0.25, -0.2) is 0 Å². The van der Waals surface area contributed by atoms with E-state index >= 15 is 0 Å². The third-order valence-electron chi connectivity index (χ3n) is 3.92. The van der Waals surface area contributed by atoms with Gasteiger partial charge in [0.15, 0.2) is 0 Å². The molecule has 0 spiro atoms. The van der Waals surface area contributed by atoms with Gasteiger partial charge in [-0.1, -0.05) is 37.3 Å². The van der Waals surface area contributed by atoms with E-state index in [1.54, 1.807) is 6.08 Å². The lowest BCUT2D eigenvalue weighted by molar-refractivity contribution is -0.122. The van der Waals surface area contributed by atoms with E-state index in [0.29, 0.717) is 13.1 Å². The van der Waals surface area contributed by atoms with Crippen molar-refractivity contribution in [2.45, 2.75) is 19.4 Å². The Labute approximate surface area is 127 Å². The molecular weight excluding hydrogens is 262 g/mol. The van der Waals surface area contributed by atoms with E-state index in [1.807, 2.05) is 0 Å². The van der Waals surface area contributed by atoms with Crippen LogP contribution in [0, 0.1) is 0 Å². The van der Waals surface area contributed by atoms with Crippen LogP contribution in [0.4, 0.5) is 0 Å². The van der Waals surface area contributed by atoms with Gasteiger partial charge in [-0.3, -0.25) is 9.69 Å². The SMILES string of the molecule is C=CCNC(=O)CN1CCNCC1c1ccc(CC)cc1. The number of carbonyl (C=O) groups is 1. The van der Waals surface area contributed by atoms with E-state index in [1.165, 1.54) is 11.1 Å². The molecule has 2 N–H and O–H groups in total. The first-order valence-electron chi connectivity index (χ1n) is 7.65. The molecule has 1 aromatic carbocycles. The fraction of sp³-hybridized carbons (Fsp3) is 0.471. The Morgan fingerprint density at radius 3 is 2.90 bits per heavy atom. The van der Waals surface area contributed by atoms with Crippen LogP contribution in [0.5, 0.6) is 0 Å². The number of carbonyl (C=O) groups excluding carboxylic acids is 1. The van der Waals surface area contributed by atoms with Gasteiger partial charge >= 0.3 is 0 Å². The fourth-order valence-electron chi connectivity index (χ4n) is 2.67. The summed E-state index contributed by atoms with van der Waals surface area (Å²) in [4.78, 5) is 14.2. The van der Waals surface area contributed by atoms with Crippen molar-refractivity contribution in [3.8, 4) is 0 Å². The van der Waals surface area contributed by atoms with Crippen LogP contribution < -0.4 is 10.6 Å². The Morgan fingerprint density at radius 1 is 1.48 bits per heavy atom. The highest BCUT2D eigenvalue weighted by Gasteiger charge is 2.25. The van der Waals surface area contributed by atoms with Crippen LogP contribution in [-0.4, -0.2) is 43.5 Å². The van der Waals surface area contributed by atoms with Gasteiger partial charge in [-0.2, -0.15) is 0 Å². The maximum atomic E-state index is 11.9. The molecule has 0 saturated carbocycles. The molecule has 1 fully saturated rings. The van der Waals surface area contributed by atoms with Crippen molar-refractivity contribution in [2.24, 2.45) is 0 Å². The van der Waals surface area contributed by atoms with Crippen LogP contribution in [0.1, 0.15) is 24.1 Å². The molecule has 4 heteroatoms. The predicted octanol–water partition coefficient (Wildman–Crippen LogP) is 1.50. The van der Waals surface area contributed by atoms with Crippen molar-refractivity contribution in [3.63, 3.8) is 0 Å². The van der Waals surface area contributed by atoms with Crippen molar-refractivity contribution < 1.29 is 4.79 Å². The van der Waals surface area contributed by atoms with Crippen LogP contribution in [0.25, 0.3) is 0 Å². The number of amides is 1. The lowest BCUT2D eigenvalue weighted by atomic mass is 10.0. The number of hydrogen-bond donors (Lipinski definition) is 2. The van der Waals surface area contributed by atoms with Crippen molar-refractivity contribution in [1.82, 2.24) is 15.5 Å². The van der Waals surface area contributed by atoms with Crippen LogP contribution in [-0.2, 0) is 11.2 Å². The average Bonchev–Trinajstić information content (AvgIpc) is 2.53. The van der Waals surface area contributed by atoms with E-state index < -0.39 is 0 Å². The topological polar surface area (TPSA) is 44.4 Å². The predicted molar refractivity (Wildman–Crippen MR) is 86.2 cm³/mol. The molecule has 1 heterocycles. The molecular formula is C17H25N3O. The zero-order chi connectivity index (χ0) is 15.1. The molecule has 1 saturated heterocycles. The summed E-state index contributed by atoms with van der Waals surface area (Å²) < 4.78 is 0. The summed E-state index contributed by atoms with van der Waals surface area (Å²) in [6.07, 6.45) is 2.76. The third-order valence-corrected chi connectivity index (χ3v) is 3.92. The molecule has 1 aliphatic heterocycles. The van der Waals surface area contributed by atoms with Crippen molar-refractivity contribution in [1.29, 1.82) is 0 Å². The number of nitrogens with one attached hydrogen (secondary N) is 2. The lowest BCUT2D eigenvalue weighted by Gasteiger charge is -2.36. The summed E-state index contributed by atoms with van der Waals surface area (Å²) in [5.41, 5.74) is 2.62. The maximum Gasteiger partial charge on any atom is 0.234 e. The second-order valence-corrected chi connectivity index (χ2v) is 5.38. The van der Waals surface area contributed by atoms with Crippen LogP contribution >= 0.6 is 0 Å². The molecule has 0 radical (unpaired) electrons. The quantitative estimate of drug-likeness (QED) is 0.779. The molecule has 1 aliphatic rings. The molecule has 0 aromatic heterocycles. The van der Waals surface area contributed by atoms with Crippen LogP contribution in [0.2, 0.25) is 0 Å². The van der Waals surface area contributed by atoms with Gasteiger partial charge in [0, 0.05) is 32.2 Å². The first-order chi connectivity index (χ1) is 10.2. The highest BCUT2D eigenvalue weighted by molar-refractivity contribution is 5.78. The Hall–Kier alpha value is -1.65. The van der Waals surface area contributed by atoms with Gasteiger partial charge in [0.1, 0.15) is 0 Å². The monoisotopic (exact) mass is 287 g/mol. The van der Waals surface area contributed by atoms with Gasteiger partial charge in [0.05, 0.1) is 6.54 Å². The molecule has 1 unspecified atom stereocenters. The largest absolute Gasteiger partial charge is 0.352 e. The first kappa shape index (κ1) is 15.7. The third kappa shape index (κ3) is 4.41. The number of benzene rings is 1. The second kappa shape index (κ2) is 7.96. The number of nitrogens with zero attached hydrogens (tertiary/aromatic N) is 1. The molecule has 2 rings (SSSR count). The molecule has 1 atom stereocenters. The van der Waals surface area contributed by atoms with Gasteiger partial charge in [-0.15, -0.1) is 6.58 Å². The van der Waals surface area contributed by atoms with Gasteiger partial charge in [0.25, 0.3) is 0 Å². The summed E-state index contributed by atoms with van der Waals surface area (Å²) in [6.45, 7) is 9.46. The standard InChI is InChI=1S/C17H25N3O/c1-3-9-19-17(21)13-20-11-10-18-12-16(20)15-7-5-14(4-2)6-8-15/h3,5-8,16,18H,1,4,9-13H2,2H3,(H,19,21). The Kier molecular flexibility index (Phi) is 5.96. The first-order valence-corrected chi connectivity index (χ1v) is 7.65. The summed E-state index contributed by atoms with van der Waals surface area (Å²) in [7, 11) is 0. The summed E-state index contributed by atoms with van der Waals surface area (Å²) in [5, 5.41) is 6.27. The zero-order valence-electron chi connectivity index (χ0n) is 12.8. The smallest absolute Gasteiger partial charge is 0.234 e. The van der Waals surface area contributed by atoms with Gasteiger partial charge < -0.3 is 10.6 Å². The summed E-state index contributed by atoms with van der Waals surface area (Å²) in [6, 6.07) is 9.00. The van der Waals surface area contributed by atoms with E-state index in [4.69, 9.17) is 0 Å². The van der Waals surface area contributed by atoms with Gasteiger partial charge in [0.2, 0.25) is 5.91 Å². The lowest BCUT2D eigenvalue weighted by Crippen LogP contribution is -2.49. The number of piperazine rings is 1. The Bertz CT molecular complexity index is 469. The van der Waals surface area contributed by atoms with Crippen molar-refractivity contribution in [3.05, 3.63) is 48.0 Å². The minimum atomic E-state index is 0.0620. The number of hydrogen-bond acceptors (Lipinski definition) is 3. The molecule has 0 bridgehead atoms. The van der Waals surface area contributed by atoms with Crippen molar-refractivity contribution in [2.75, 3.05) is 32.7 Å². The Balaban J connectivity index is 2.03. The minimum Gasteiger partial charge on any atom is -0.352 e. The maximum absolute atomic E-state index is 11.9. The molecule has 114 valence electrons. The molecule has 0 aliphatic carbocycles. The molecule has 21 heavy (non-hydrogen) atoms. The number of aryl methyl sites for hydroxylation is 1. The van der Waals surface area contributed by atoms with Crippen LogP contribution in [0.15, 0.2) is 36.9 Å². The summed E-state index contributed by atoms with van der Waals surface area (Å²) in [5.74, 6) is 0.0620. The van der Waals surface area contributed by atoms with E-state index in [-0.39, 0.29) is 11.9 Å². The van der Waals surface area contributed by atoms with Gasteiger partial charge in [-0.05, 0) is 17.5 Å². The normalized spacial score (nSPS) is 19.2. The number of rotatable bonds is 6. The Morgan fingerprint density at radius 2 is 2.24 bits per heavy atom. The highest BCUT2D eigenvalue weighted by atomic mass is 16.2. The van der Waals surface area contributed by atoms with E-state index in [2.05, 4.69) is 53.3 Å². The average molecular weight is 287 g/mol. The molecule has 1 aromatic rings. The van der Waals surface area contributed by atoms with Crippen LogP contribution in [0.3, 0.4) is 0 Å². The minimum absolute atomic E-state index is 0.0620. The van der Waals surface area contributed by atoms with E-state index in [9.17, 15) is 4.79 Å². The van der Waals surface area contributed by atoms with E-state index in [0.717, 1.165) is 26.1 Å². The molecule has 1 amide bonds. The fourth-order valence-corrected chi connectivity index (χ4v) is 2.67. The highest BCUT2D eigenvalue weighted by Crippen LogP contribution is 2.22. The molecule has 4 nitrogen and oxygen atoms in total. The zero-order valence-corrected chi connectivity index (χ0v) is 12.8. The van der Waals surface area contributed by atoms with Crippen molar-refractivity contribution >= 4 is 5.91 Å².